The number of carbonyl (C=O) groups excluding carboxylic acids is 3. The Morgan fingerprint density at radius 1 is 0.897 bits per heavy atom. The highest BCUT2D eigenvalue weighted by molar-refractivity contribution is 6.09. The molecule has 0 atom stereocenters. The summed E-state index contributed by atoms with van der Waals surface area (Å²) in [7, 11) is 0. The van der Waals surface area contributed by atoms with Crippen LogP contribution in [-0.2, 0) is 11.3 Å². The van der Waals surface area contributed by atoms with Crippen molar-refractivity contribution in [2.45, 2.75) is 13.5 Å². The molecule has 3 rings (SSSR count). The molecule has 1 aromatic heterocycles. The van der Waals surface area contributed by atoms with Crippen LogP contribution in [0.2, 0.25) is 0 Å². The second kappa shape index (κ2) is 9.36. The molecule has 0 unspecified atom stereocenters. The quantitative estimate of drug-likeness (QED) is 0.576. The molecule has 3 N–H and O–H groups in total. The molecule has 0 bridgehead atoms. The van der Waals surface area contributed by atoms with Crippen LogP contribution in [0.4, 0.5) is 5.69 Å². The van der Waals surface area contributed by atoms with E-state index in [1.807, 2.05) is 13.0 Å². The van der Waals surface area contributed by atoms with E-state index in [4.69, 9.17) is 4.42 Å². The number of anilines is 1. The molecule has 148 valence electrons. The Morgan fingerprint density at radius 2 is 1.72 bits per heavy atom. The normalized spacial score (nSPS) is 10.2. The molecule has 7 heteroatoms. The van der Waals surface area contributed by atoms with Crippen molar-refractivity contribution in [1.82, 2.24) is 10.6 Å². The number of amides is 3. The van der Waals surface area contributed by atoms with Crippen molar-refractivity contribution in [1.29, 1.82) is 0 Å². The third-order valence-electron chi connectivity index (χ3n) is 4.15. The second-order valence-electron chi connectivity index (χ2n) is 6.41. The predicted molar refractivity (Wildman–Crippen MR) is 108 cm³/mol. The van der Waals surface area contributed by atoms with Crippen molar-refractivity contribution < 1.29 is 18.8 Å². The van der Waals surface area contributed by atoms with Gasteiger partial charge in [0, 0.05) is 5.56 Å². The third kappa shape index (κ3) is 5.55. The van der Waals surface area contributed by atoms with Gasteiger partial charge in [-0.1, -0.05) is 29.8 Å². The van der Waals surface area contributed by atoms with Gasteiger partial charge in [-0.15, -0.1) is 0 Å². The average Bonchev–Trinajstić information content (AvgIpc) is 3.24. The van der Waals surface area contributed by atoms with E-state index in [1.54, 1.807) is 54.6 Å². The molecular formula is C22H21N3O4. The lowest BCUT2D eigenvalue weighted by atomic mass is 10.1. The van der Waals surface area contributed by atoms with Gasteiger partial charge in [0.05, 0.1) is 30.6 Å². The summed E-state index contributed by atoms with van der Waals surface area (Å²) in [6.45, 7) is 1.94. The monoisotopic (exact) mass is 391 g/mol. The van der Waals surface area contributed by atoms with Gasteiger partial charge in [-0.25, -0.2) is 0 Å². The highest BCUT2D eigenvalue weighted by Crippen LogP contribution is 2.16. The minimum Gasteiger partial charge on any atom is -0.467 e. The zero-order valence-corrected chi connectivity index (χ0v) is 15.9. The van der Waals surface area contributed by atoms with Gasteiger partial charge in [0.1, 0.15) is 5.76 Å². The van der Waals surface area contributed by atoms with E-state index in [0.717, 1.165) is 5.56 Å². The number of aryl methyl sites for hydroxylation is 1. The number of hydrogen-bond acceptors (Lipinski definition) is 4. The minimum atomic E-state index is -0.460. The molecule has 0 spiro atoms. The Balaban J connectivity index is 1.59. The molecule has 0 aliphatic heterocycles. The maximum atomic E-state index is 12.5. The first-order chi connectivity index (χ1) is 14.0. The highest BCUT2D eigenvalue weighted by atomic mass is 16.3. The van der Waals surface area contributed by atoms with E-state index in [1.165, 1.54) is 6.26 Å². The molecule has 0 radical (unpaired) electrons. The van der Waals surface area contributed by atoms with Crippen molar-refractivity contribution >= 4 is 23.4 Å². The standard InChI is InChI=1S/C22H21N3O4/c1-15-6-4-7-16(12-15)21(27)25-19-10-3-2-9-18(19)22(28)24-14-20(26)23-13-17-8-5-11-29-17/h2-12H,13-14H2,1H3,(H,23,26)(H,24,28)(H,25,27). The van der Waals surface area contributed by atoms with Crippen molar-refractivity contribution in [3.05, 3.63) is 89.4 Å². The molecule has 3 amide bonds. The third-order valence-corrected chi connectivity index (χ3v) is 4.15. The van der Waals surface area contributed by atoms with E-state index in [0.29, 0.717) is 17.0 Å². The van der Waals surface area contributed by atoms with Crippen LogP contribution in [0.15, 0.2) is 71.3 Å². The van der Waals surface area contributed by atoms with Gasteiger partial charge in [0.2, 0.25) is 5.91 Å². The summed E-state index contributed by atoms with van der Waals surface area (Å²) in [6, 6.07) is 17.3. The Hall–Kier alpha value is -3.87. The smallest absolute Gasteiger partial charge is 0.255 e. The largest absolute Gasteiger partial charge is 0.467 e. The van der Waals surface area contributed by atoms with Gasteiger partial charge >= 0.3 is 0 Å². The molecule has 0 aliphatic rings. The fourth-order valence-electron chi connectivity index (χ4n) is 2.69. The average molecular weight is 391 g/mol. The lowest BCUT2D eigenvalue weighted by Crippen LogP contribution is -2.36. The lowest BCUT2D eigenvalue weighted by molar-refractivity contribution is -0.120. The molecule has 0 saturated carbocycles. The van der Waals surface area contributed by atoms with Crippen molar-refractivity contribution in [2.75, 3.05) is 11.9 Å². The van der Waals surface area contributed by atoms with Crippen molar-refractivity contribution in [3.63, 3.8) is 0 Å². The summed E-state index contributed by atoms with van der Waals surface area (Å²) < 4.78 is 5.13. The molecule has 3 aromatic rings. The van der Waals surface area contributed by atoms with Crippen LogP contribution in [0, 0.1) is 6.92 Å². The number of para-hydroxylation sites is 1. The van der Waals surface area contributed by atoms with E-state index in [-0.39, 0.29) is 30.5 Å². The molecule has 29 heavy (non-hydrogen) atoms. The predicted octanol–water partition coefficient (Wildman–Crippen LogP) is 2.89. The number of nitrogens with one attached hydrogen (secondary N) is 3. The molecule has 0 fully saturated rings. The minimum absolute atomic E-state index is 0.195. The molecular weight excluding hydrogens is 370 g/mol. The fourth-order valence-corrected chi connectivity index (χ4v) is 2.69. The van der Waals surface area contributed by atoms with Crippen molar-refractivity contribution in [2.24, 2.45) is 0 Å². The van der Waals surface area contributed by atoms with Gasteiger partial charge in [0.25, 0.3) is 11.8 Å². The molecule has 2 aromatic carbocycles. The topological polar surface area (TPSA) is 100 Å². The Labute approximate surface area is 168 Å². The van der Waals surface area contributed by atoms with Crippen LogP contribution in [0.3, 0.4) is 0 Å². The van der Waals surface area contributed by atoms with Crippen LogP contribution in [-0.4, -0.2) is 24.3 Å². The van der Waals surface area contributed by atoms with E-state index >= 15 is 0 Å². The number of carbonyl (C=O) groups is 3. The summed E-state index contributed by atoms with van der Waals surface area (Å²) in [5.41, 5.74) is 2.10. The van der Waals surface area contributed by atoms with Gasteiger partial charge in [-0.05, 0) is 43.3 Å². The first-order valence-corrected chi connectivity index (χ1v) is 9.07. The SMILES string of the molecule is Cc1cccc(C(=O)Nc2ccccc2C(=O)NCC(=O)NCc2ccco2)c1. The van der Waals surface area contributed by atoms with E-state index < -0.39 is 5.91 Å². The molecule has 7 nitrogen and oxygen atoms in total. The van der Waals surface area contributed by atoms with Crippen molar-refractivity contribution in [3.8, 4) is 0 Å². The van der Waals surface area contributed by atoms with E-state index in [2.05, 4.69) is 16.0 Å². The summed E-state index contributed by atoms with van der Waals surface area (Å²) in [6.07, 6.45) is 1.52. The van der Waals surface area contributed by atoms with Gasteiger partial charge in [0.15, 0.2) is 0 Å². The molecule has 0 aliphatic carbocycles. The first-order valence-electron chi connectivity index (χ1n) is 9.07. The Bertz CT molecular complexity index is 1010. The summed E-state index contributed by atoms with van der Waals surface area (Å²) in [5, 5.41) is 7.96. The van der Waals surface area contributed by atoms with Gasteiger partial charge in [-0.3, -0.25) is 14.4 Å². The fraction of sp³-hybridized carbons (Fsp3) is 0.136. The van der Waals surface area contributed by atoms with E-state index in [9.17, 15) is 14.4 Å². The van der Waals surface area contributed by atoms with Crippen LogP contribution in [0.5, 0.6) is 0 Å². The van der Waals surface area contributed by atoms with Crippen LogP contribution < -0.4 is 16.0 Å². The number of benzene rings is 2. The molecule has 0 saturated heterocycles. The zero-order valence-electron chi connectivity index (χ0n) is 15.9. The summed E-state index contributed by atoms with van der Waals surface area (Å²) in [5.74, 6) is -0.506. The Morgan fingerprint density at radius 3 is 2.48 bits per heavy atom. The molecule has 1 heterocycles. The zero-order chi connectivity index (χ0) is 20.6. The Kier molecular flexibility index (Phi) is 6.42. The maximum absolute atomic E-state index is 12.5. The van der Waals surface area contributed by atoms with Crippen LogP contribution >= 0.6 is 0 Å². The highest BCUT2D eigenvalue weighted by Gasteiger charge is 2.15. The summed E-state index contributed by atoms with van der Waals surface area (Å²) >= 11 is 0. The summed E-state index contributed by atoms with van der Waals surface area (Å²) in [4.78, 5) is 36.9. The maximum Gasteiger partial charge on any atom is 0.255 e. The number of rotatable bonds is 7. The van der Waals surface area contributed by atoms with Gasteiger partial charge < -0.3 is 20.4 Å². The number of furan rings is 1. The second-order valence-corrected chi connectivity index (χ2v) is 6.41. The lowest BCUT2D eigenvalue weighted by Gasteiger charge is -2.12. The number of hydrogen-bond donors (Lipinski definition) is 3. The van der Waals surface area contributed by atoms with Crippen LogP contribution in [0.25, 0.3) is 0 Å². The first kappa shape index (κ1) is 19.9. The van der Waals surface area contributed by atoms with Gasteiger partial charge in [-0.2, -0.15) is 0 Å². The van der Waals surface area contributed by atoms with Crippen LogP contribution in [0.1, 0.15) is 32.0 Å².